The summed E-state index contributed by atoms with van der Waals surface area (Å²) in [6.45, 7) is 0. The molecule has 1 aromatic carbocycles. The Morgan fingerprint density at radius 1 is 1.25 bits per heavy atom. The van der Waals surface area contributed by atoms with E-state index in [1.807, 2.05) is 6.07 Å². The van der Waals surface area contributed by atoms with Crippen LogP contribution in [0.4, 0.5) is 4.39 Å². The fraction of sp³-hybridized carbons (Fsp3) is 0.312. The van der Waals surface area contributed by atoms with Crippen molar-refractivity contribution in [3.05, 3.63) is 65.2 Å². The van der Waals surface area contributed by atoms with Gasteiger partial charge in [0.25, 0.3) is 0 Å². The summed E-state index contributed by atoms with van der Waals surface area (Å²) in [5, 5.41) is 0. The van der Waals surface area contributed by atoms with E-state index in [0.717, 1.165) is 11.1 Å². The maximum Gasteiger partial charge on any atom is 0.141 e. The molecule has 20 heavy (non-hydrogen) atoms. The van der Waals surface area contributed by atoms with Crippen LogP contribution in [0.2, 0.25) is 0 Å². The average Bonchev–Trinajstić information content (AvgIpc) is 2.40. The lowest BCUT2D eigenvalue weighted by molar-refractivity contribution is 0.414. The normalized spacial score (nSPS) is 16.7. The number of benzene rings is 1. The van der Waals surface area contributed by atoms with Crippen molar-refractivity contribution in [2.45, 2.75) is 31.2 Å². The summed E-state index contributed by atoms with van der Waals surface area (Å²) in [7, 11) is 0. The summed E-state index contributed by atoms with van der Waals surface area (Å²) in [6.07, 6.45) is 6.58. The molecular formula is C16H18FN3. The number of aromatic nitrogens is 1. The van der Waals surface area contributed by atoms with Crippen LogP contribution in [0.25, 0.3) is 0 Å². The van der Waals surface area contributed by atoms with E-state index in [-0.39, 0.29) is 11.9 Å². The Morgan fingerprint density at radius 3 is 2.70 bits per heavy atom. The second-order valence-electron chi connectivity index (χ2n) is 5.29. The Hall–Kier alpha value is -1.78. The van der Waals surface area contributed by atoms with Crippen molar-refractivity contribution in [2.75, 3.05) is 0 Å². The van der Waals surface area contributed by atoms with Crippen LogP contribution in [0.15, 0.2) is 42.7 Å². The predicted molar refractivity (Wildman–Crippen MR) is 76.4 cm³/mol. The van der Waals surface area contributed by atoms with Crippen molar-refractivity contribution in [1.82, 2.24) is 10.4 Å². The van der Waals surface area contributed by atoms with Crippen LogP contribution < -0.4 is 11.3 Å². The largest absolute Gasteiger partial charge is 0.271 e. The van der Waals surface area contributed by atoms with Crippen molar-refractivity contribution in [1.29, 1.82) is 0 Å². The van der Waals surface area contributed by atoms with Gasteiger partial charge in [-0.3, -0.25) is 10.8 Å². The van der Waals surface area contributed by atoms with Crippen LogP contribution in [0.1, 0.15) is 47.9 Å². The van der Waals surface area contributed by atoms with Crippen LogP contribution in [0.3, 0.4) is 0 Å². The molecule has 1 fully saturated rings. The van der Waals surface area contributed by atoms with Gasteiger partial charge in [-0.1, -0.05) is 30.7 Å². The van der Waals surface area contributed by atoms with Crippen LogP contribution in [0, 0.1) is 5.82 Å². The molecular weight excluding hydrogens is 253 g/mol. The number of hydrogen-bond acceptors (Lipinski definition) is 3. The van der Waals surface area contributed by atoms with E-state index in [9.17, 15) is 4.39 Å². The SMILES string of the molecule is NNC(c1cncc(F)c1)c1ccccc1C1CCC1. The molecule has 1 heterocycles. The zero-order chi connectivity index (χ0) is 13.9. The number of hydrazine groups is 1. The van der Waals surface area contributed by atoms with Gasteiger partial charge in [0.2, 0.25) is 0 Å². The van der Waals surface area contributed by atoms with Gasteiger partial charge < -0.3 is 0 Å². The summed E-state index contributed by atoms with van der Waals surface area (Å²) in [5.74, 6) is 5.97. The summed E-state index contributed by atoms with van der Waals surface area (Å²) in [5.41, 5.74) is 5.98. The van der Waals surface area contributed by atoms with Crippen molar-refractivity contribution >= 4 is 0 Å². The Bertz CT molecular complexity index is 596. The van der Waals surface area contributed by atoms with Crippen LogP contribution in [-0.2, 0) is 0 Å². The number of nitrogens with two attached hydrogens (primary N) is 1. The van der Waals surface area contributed by atoms with Gasteiger partial charge in [0.15, 0.2) is 0 Å². The minimum absolute atomic E-state index is 0.227. The third-order valence-corrected chi connectivity index (χ3v) is 4.08. The first-order valence-corrected chi connectivity index (χ1v) is 6.95. The van der Waals surface area contributed by atoms with E-state index >= 15 is 0 Å². The number of hydrogen-bond donors (Lipinski definition) is 2. The Morgan fingerprint density at radius 2 is 2.05 bits per heavy atom. The van der Waals surface area contributed by atoms with E-state index in [1.165, 1.54) is 37.1 Å². The summed E-state index contributed by atoms with van der Waals surface area (Å²) in [4.78, 5) is 3.92. The van der Waals surface area contributed by atoms with E-state index in [0.29, 0.717) is 5.92 Å². The first-order valence-electron chi connectivity index (χ1n) is 6.95. The molecule has 4 heteroatoms. The predicted octanol–water partition coefficient (Wildman–Crippen LogP) is 3.04. The average molecular weight is 271 g/mol. The van der Waals surface area contributed by atoms with Gasteiger partial charge in [0.05, 0.1) is 12.2 Å². The highest BCUT2D eigenvalue weighted by Crippen LogP contribution is 2.40. The maximum atomic E-state index is 13.4. The molecule has 0 saturated heterocycles. The van der Waals surface area contributed by atoms with Crippen molar-refractivity contribution in [2.24, 2.45) is 5.84 Å². The lowest BCUT2D eigenvalue weighted by atomic mass is 9.76. The molecule has 1 saturated carbocycles. The molecule has 1 aliphatic rings. The van der Waals surface area contributed by atoms with Crippen molar-refractivity contribution < 1.29 is 4.39 Å². The van der Waals surface area contributed by atoms with Gasteiger partial charge in [-0.25, -0.2) is 9.82 Å². The molecule has 3 nitrogen and oxygen atoms in total. The molecule has 1 unspecified atom stereocenters. The molecule has 1 atom stereocenters. The summed E-state index contributed by atoms with van der Waals surface area (Å²) < 4.78 is 13.4. The first-order chi connectivity index (χ1) is 9.79. The quantitative estimate of drug-likeness (QED) is 0.664. The van der Waals surface area contributed by atoms with Gasteiger partial charge in [0, 0.05) is 6.20 Å². The van der Waals surface area contributed by atoms with Crippen LogP contribution >= 0.6 is 0 Å². The van der Waals surface area contributed by atoms with Crippen molar-refractivity contribution in [3.8, 4) is 0 Å². The highest BCUT2D eigenvalue weighted by molar-refractivity contribution is 5.39. The van der Waals surface area contributed by atoms with Gasteiger partial charge in [-0.2, -0.15) is 0 Å². The monoisotopic (exact) mass is 271 g/mol. The van der Waals surface area contributed by atoms with Crippen molar-refractivity contribution in [3.63, 3.8) is 0 Å². The Balaban J connectivity index is 2.01. The van der Waals surface area contributed by atoms with Gasteiger partial charge in [0.1, 0.15) is 5.82 Å². The molecule has 2 aromatic rings. The molecule has 0 amide bonds. The second-order valence-corrected chi connectivity index (χ2v) is 5.29. The third kappa shape index (κ3) is 2.44. The number of pyridine rings is 1. The summed E-state index contributed by atoms with van der Waals surface area (Å²) >= 11 is 0. The summed E-state index contributed by atoms with van der Waals surface area (Å²) in [6, 6.07) is 9.51. The van der Waals surface area contributed by atoms with Crippen LogP contribution in [-0.4, -0.2) is 4.98 Å². The zero-order valence-corrected chi connectivity index (χ0v) is 11.2. The molecule has 0 spiro atoms. The molecule has 3 N–H and O–H groups in total. The zero-order valence-electron chi connectivity index (χ0n) is 11.2. The highest BCUT2D eigenvalue weighted by Gasteiger charge is 2.25. The maximum absolute atomic E-state index is 13.4. The van der Waals surface area contributed by atoms with E-state index in [4.69, 9.17) is 5.84 Å². The van der Waals surface area contributed by atoms with Crippen LogP contribution in [0.5, 0.6) is 0 Å². The molecule has 1 aromatic heterocycles. The third-order valence-electron chi connectivity index (χ3n) is 4.08. The minimum atomic E-state index is -0.344. The van der Waals surface area contributed by atoms with Gasteiger partial charge >= 0.3 is 0 Å². The van der Waals surface area contributed by atoms with Gasteiger partial charge in [-0.05, 0) is 41.5 Å². The number of rotatable bonds is 4. The molecule has 3 rings (SSSR count). The topological polar surface area (TPSA) is 50.9 Å². The second kappa shape index (κ2) is 5.69. The fourth-order valence-electron chi connectivity index (χ4n) is 2.82. The minimum Gasteiger partial charge on any atom is -0.271 e. The lowest BCUT2D eigenvalue weighted by Crippen LogP contribution is -2.30. The Kier molecular flexibility index (Phi) is 3.76. The standard InChI is InChI=1S/C16H18FN3/c17-13-8-12(9-19-10-13)16(20-18)15-7-2-1-6-14(15)11-4-3-5-11/h1-2,6-11,16,20H,3-5,18H2. The molecule has 0 bridgehead atoms. The first kappa shape index (κ1) is 13.2. The number of nitrogens with zero attached hydrogens (tertiary/aromatic N) is 1. The Labute approximate surface area is 118 Å². The molecule has 0 aliphatic heterocycles. The van der Waals surface area contributed by atoms with E-state index in [1.54, 1.807) is 6.20 Å². The van der Waals surface area contributed by atoms with E-state index in [2.05, 4.69) is 28.6 Å². The van der Waals surface area contributed by atoms with Gasteiger partial charge in [-0.15, -0.1) is 0 Å². The number of halogens is 1. The van der Waals surface area contributed by atoms with E-state index < -0.39 is 0 Å². The highest BCUT2D eigenvalue weighted by atomic mass is 19.1. The molecule has 1 aliphatic carbocycles. The molecule has 104 valence electrons. The fourth-order valence-corrected chi connectivity index (χ4v) is 2.82. The lowest BCUT2D eigenvalue weighted by Gasteiger charge is -2.30. The molecule has 0 radical (unpaired) electrons. The number of nitrogens with one attached hydrogen (secondary N) is 1. The smallest absolute Gasteiger partial charge is 0.141 e.